The maximum atomic E-state index is 12.2. The highest BCUT2D eigenvalue weighted by Crippen LogP contribution is 2.22. The Labute approximate surface area is 208 Å². The quantitative estimate of drug-likeness (QED) is 0.275. The molecule has 0 aliphatic rings. The number of anilines is 1. The number of nitrogens with zero attached hydrogens (tertiary/aromatic N) is 1. The number of aryl methyl sites for hydroxylation is 3. The third kappa shape index (κ3) is 7.85. The van der Waals surface area contributed by atoms with Crippen molar-refractivity contribution in [3.05, 3.63) is 93.0 Å². The number of benzene rings is 3. The van der Waals surface area contributed by atoms with Gasteiger partial charge in [-0.2, -0.15) is 5.10 Å². The van der Waals surface area contributed by atoms with Crippen molar-refractivity contribution >= 4 is 39.6 Å². The lowest BCUT2D eigenvalue weighted by atomic mass is 10.0. The van der Waals surface area contributed by atoms with Gasteiger partial charge in [0, 0.05) is 23.0 Å². The van der Waals surface area contributed by atoms with Crippen LogP contribution in [0.15, 0.2) is 70.2 Å². The minimum atomic E-state index is -0.321. The van der Waals surface area contributed by atoms with Crippen molar-refractivity contribution in [3.63, 3.8) is 0 Å². The molecular weight excluding hydrogens is 494 g/mol. The fraction of sp³-hybridized carbons (Fsp3) is 0.222. The number of hydrogen-bond acceptors (Lipinski definition) is 4. The molecule has 3 aromatic carbocycles. The van der Waals surface area contributed by atoms with Gasteiger partial charge in [-0.1, -0.05) is 45.8 Å². The average molecular weight is 522 g/mol. The van der Waals surface area contributed by atoms with E-state index in [0.717, 1.165) is 43.7 Å². The highest BCUT2D eigenvalue weighted by Gasteiger charge is 2.10. The Morgan fingerprint density at radius 1 is 0.912 bits per heavy atom. The number of hydrogen-bond donors (Lipinski definition) is 2. The Morgan fingerprint density at radius 3 is 2.18 bits per heavy atom. The second kappa shape index (κ2) is 12.1. The summed E-state index contributed by atoms with van der Waals surface area (Å²) < 4.78 is 6.81. The normalized spacial score (nSPS) is 10.8. The number of halogens is 1. The molecule has 2 N–H and O–H groups in total. The van der Waals surface area contributed by atoms with Gasteiger partial charge >= 0.3 is 0 Å². The minimum Gasteiger partial charge on any atom is -0.489 e. The number of carbonyl (C=O) groups excluding carboxylic acids is 2. The number of ether oxygens (including phenoxy) is 1. The van der Waals surface area contributed by atoms with E-state index in [-0.39, 0.29) is 24.7 Å². The zero-order chi connectivity index (χ0) is 24.5. The number of carbonyl (C=O) groups is 2. The molecule has 0 heterocycles. The molecule has 0 spiro atoms. The van der Waals surface area contributed by atoms with Crippen molar-refractivity contribution in [2.24, 2.45) is 5.10 Å². The number of rotatable bonds is 9. The number of nitrogens with one attached hydrogen (secondary N) is 2. The summed E-state index contributed by atoms with van der Waals surface area (Å²) in [5, 5.41) is 6.87. The lowest BCUT2D eigenvalue weighted by molar-refractivity contribution is -0.124. The first kappa shape index (κ1) is 25.2. The van der Waals surface area contributed by atoms with Crippen LogP contribution in [0, 0.1) is 20.8 Å². The Hall–Kier alpha value is -3.45. The zero-order valence-corrected chi connectivity index (χ0v) is 21.1. The van der Waals surface area contributed by atoms with E-state index in [9.17, 15) is 9.59 Å². The lowest BCUT2D eigenvalue weighted by Gasteiger charge is -2.12. The van der Waals surface area contributed by atoms with Gasteiger partial charge in [0.15, 0.2) is 0 Å². The zero-order valence-electron chi connectivity index (χ0n) is 19.5. The molecule has 0 atom stereocenters. The first-order valence-electron chi connectivity index (χ1n) is 11.0. The van der Waals surface area contributed by atoms with Crippen LogP contribution >= 0.6 is 15.9 Å². The van der Waals surface area contributed by atoms with Crippen molar-refractivity contribution in [2.75, 3.05) is 5.32 Å². The molecule has 0 saturated heterocycles. The smallest absolute Gasteiger partial charge is 0.240 e. The molecular formula is C27H28BrN3O3. The SMILES string of the molecule is Cc1cc(C)c(NC(=O)CCC(=O)N/N=C\c2ccc(OCc3ccc(Br)cc3)cc2)c(C)c1. The summed E-state index contributed by atoms with van der Waals surface area (Å²) in [6.45, 7) is 6.41. The highest BCUT2D eigenvalue weighted by atomic mass is 79.9. The van der Waals surface area contributed by atoms with E-state index >= 15 is 0 Å². The third-order valence-electron chi connectivity index (χ3n) is 5.12. The van der Waals surface area contributed by atoms with Crippen molar-refractivity contribution in [1.29, 1.82) is 0 Å². The molecule has 7 heteroatoms. The monoisotopic (exact) mass is 521 g/mol. The molecule has 0 bridgehead atoms. The standard InChI is InChI=1S/C27H28BrN3O3/c1-18-14-19(2)27(20(3)15-18)30-25(32)12-13-26(33)31-29-16-21-6-10-24(11-7-21)34-17-22-4-8-23(28)9-5-22/h4-11,14-16H,12-13,17H2,1-3H3,(H,30,32)(H,31,33)/b29-16-. The van der Waals surface area contributed by atoms with Gasteiger partial charge < -0.3 is 10.1 Å². The summed E-state index contributed by atoms with van der Waals surface area (Å²) in [7, 11) is 0. The number of hydrazone groups is 1. The van der Waals surface area contributed by atoms with Crippen LogP contribution in [0.3, 0.4) is 0 Å². The van der Waals surface area contributed by atoms with Crippen molar-refractivity contribution in [3.8, 4) is 5.75 Å². The van der Waals surface area contributed by atoms with Gasteiger partial charge in [-0.15, -0.1) is 0 Å². The van der Waals surface area contributed by atoms with E-state index in [2.05, 4.69) is 31.8 Å². The summed E-state index contributed by atoms with van der Waals surface area (Å²) >= 11 is 3.42. The third-order valence-corrected chi connectivity index (χ3v) is 5.65. The minimum absolute atomic E-state index is 0.0516. The first-order chi connectivity index (χ1) is 16.3. The van der Waals surface area contributed by atoms with Gasteiger partial charge in [0.1, 0.15) is 12.4 Å². The summed E-state index contributed by atoms with van der Waals surface area (Å²) in [5.41, 5.74) is 8.32. The Kier molecular flexibility index (Phi) is 8.99. The van der Waals surface area contributed by atoms with Crippen molar-refractivity contribution in [1.82, 2.24) is 5.43 Å². The molecule has 176 valence electrons. The fourth-order valence-electron chi connectivity index (χ4n) is 3.44. The van der Waals surface area contributed by atoms with Crippen LogP contribution in [-0.2, 0) is 16.2 Å². The molecule has 3 aromatic rings. The van der Waals surface area contributed by atoms with E-state index in [1.165, 1.54) is 0 Å². The lowest BCUT2D eigenvalue weighted by Crippen LogP contribution is -2.21. The molecule has 0 saturated carbocycles. The summed E-state index contributed by atoms with van der Waals surface area (Å²) in [4.78, 5) is 24.3. The van der Waals surface area contributed by atoms with E-state index in [1.54, 1.807) is 6.21 Å². The van der Waals surface area contributed by atoms with Crippen LogP contribution in [0.4, 0.5) is 5.69 Å². The van der Waals surface area contributed by atoms with Crippen LogP contribution < -0.4 is 15.5 Å². The second-order valence-corrected chi connectivity index (χ2v) is 9.01. The van der Waals surface area contributed by atoms with Gasteiger partial charge in [0.2, 0.25) is 11.8 Å². The second-order valence-electron chi connectivity index (χ2n) is 8.10. The molecule has 6 nitrogen and oxygen atoms in total. The molecule has 0 aromatic heterocycles. The van der Waals surface area contributed by atoms with E-state index < -0.39 is 0 Å². The largest absolute Gasteiger partial charge is 0.489 e. The molecule has 0 aliphatic carbocycles. The first-order valence-corrected chi connectivity index (χ1v) is 11.8. The fourth-order valence-corrected chi connectivity index (χ4v) is 3.70. The Balaban J connectivity index is 1.40. The maximum Gasteiger partial charge on any atom is 0.240 e. The molecule has 0 unspecified atom stereocenters. The van der Waals surface area contributed by atoms with Crippen molar-refractivity contribution in [2.45, 2.75) is 40.2 Å². The predicted octanol–water partition coefficient (Wildman–Crippen LogP) is 5.82. The van der Waals surface area contributed by atoms with E-state index in [1.807, 2.05) is 81.4 Å². The summed E-state index contributed by atoms with van der Waals surface area (Å²) in [5.74, 6) is 0.222. The van der Waals surface area contributed by atoms with Crippen LogP contribution in [0.1, 0.15) is 40.7 Å². The van der Waals surface area contributed by atoms with Gasteiger partial charge in [-0.05, 0) is 79.4 Å². The molecule has 0 fully saturated rings. The molecule has 34 heavy (non-hydrogen) atoms. The van der Waals surface area contributed by atoms with Gasteiger partial charge in [0.05, 0.1) is 6.21 Å². The highest BCUT2D eigenvalue weighted by molar-refractivity contribution is 9.10. The van der Waals surface area contributed by atoms with Crippen LogP contribution in [0.5, 0.6) is 5.75 Å². The molecule has 0 radical (unpaired) electrons. The van der Waals surface area contributed by atoms with Gasteiger partial charge in [-0.3, -0.25) is 9.59 Å². The Morgan fingerprint density at radius 2 is 1.53 bits per heavy atom. The Bertz CT molecular complexity index is 1150. The van der Waals surface area contributed by atoms with Gasteiger partial charge in [0.25, 0.3) is 0 Å². The number of amides is 2. The molecule has 2 amide bonds. The topological polar surface area (TPSA) is 79.8 Å². The maximum absolute atomic E-state index is 12.2. The average Bonchev–Trinajstić information content (AvgIpc) is 2.80. The van der Waals surface area contributed by atoms with E-state index in [0.29, 0.717) is 6.61 Å². The van der Waals surface area contributed by atoms with Gasteiger partial charge in [-0.25, -0.2) is 5.43 Å². The van der Waals surface area contributed by atoms with Crippen molar-refractivity contribution < 1.29 is 14.3 Å². The predicted molar refractivity (Wildman–Crippen MR) is 139 cm³/mol. The molecule has 0 aliphatic heterocycles. The van der Waals surface area contributed by atoms with Crippen LogP contribution in [0.25, 0.3) is 0 Å². The molecule has 3 rings (SSSR count). The van der Waals surface area contributed by atoms with Crippen LogP contribution in [-0.4, -0.2) is 18.0 Å². The van der Waals surface area contributed by atoms with Crippen LogP contribution in [0.2, 0.25) is 0 Å². The summed E-state index contributed by atoms with van der Waals surface area (Å²) in [6.07, 6.45) is 1.68. The van der Waals surface area contributed by atoms with E-state index in [4.69, 9.17) is 4.74 Å². The summed E-state index contributed by atoms with van der Waals surface area (Å²) in [6, 6.07) is 19.4.